The summed E-state index contributed by atoms with van der Waals surface area (Å²) in [5.74, 6) is 2.81. The number of carbonyl (C=O) groups is 2. The van der Waals surface area contributed by atoms with E-state index in [0.717, 1.165) is 29.9 Å². The largest absolute Gasteiger partial charge is 0.379 e. The molecule has 5 fully saturated rings. The lowest BCUT2D eigenvalue weighted by Crippen LogP contribution is -2.46. The zero-order valence-corrected chi connectivity index (χ0v) is 26.3. The predicted molar refractivity (Wildman–Crippen MR) is 167 cm³/mol. The van der Waals surface area contributed by atoms with Gasteiger partial charge < -0.3 is 19.7 Å². The van der Waals surface area contributed by atoms with Crippen LogP contribution in [0.25, 0.3) is 4.85 Å². The van der Waals surface area contributed by atoms with Crippen molar-refractivity contribution in [3.63, 3.8) is 0 Å². The number of hydrogen-bond donors (Lipinski definition) is 1. The summed E-state index contributed by atoms with van der Waals surface area (Å²) >= 11 is 5.69. The van der Waals surface area contributed by atoms with Crippen LogP contribution in [0.3, 0.4) is 0 Å². The molecule has 0 radical (unpaired) electrons. The van der Waals surface area contributed by atoms with Gasteiger partial charge in [0.25, 0.3) is 5.91 Å². The molecule has 1 saturated heterocycles. The van der Waals surface area contributed by atoms with Crippen LogP contribution in [0, 0.1) is 36.7 Å². The molecule has 228 valence electrons. The Morgan fingerprint density at radius 2 is 1.71 bits per heavy atom. The molecule has 6 rings (SSSR count). The lowest BCUT2D eigenvalue weighted by atomic mass is 9.49. The first-order valence-electron chi connectivity index (χ1n) is 15.7. The Balaban J connectivity index is 0.937. The summed E-state index contributed by atoms with van der Waals surface area (Å²) in [7, 11) is 0. The fourth-order valence-corrected chi connectivity index (χ4v) is 8.81. The van der Waals surface area contributed by atoms with Gasteiger partial charge in [-0.1, -0.05) is 6.07 Å². The third-order valence-electron chi connectivity index (χ3n) is 10.1. The van der Waals surface area contributed by atoms with E-state index in [0.29, 0.717) is 67.7 Å². The van der Waals surface area contributed by atoms with Crippen LogP contribution in [0.5, 0.6) is 0 Å². The molecular formula is C33H46N4O4S. The van der Waals surface area contributed by atoms with Crippen LogP contribution in [0.2, 0.25) is 0 Å². The summed E-state index contributed by atoms with van der Waals surface area (Å²) in [5, 5.41) is 3.34. The molecule has 0 spiro atoms. The molecule has 1 heterocycles. The molecule has 1 aromatic rings. The first-order chi connectivity index (χ1) is 20.1. The van der Waals surface area contributed by atoms with E-state index in [-0.39, 0.29) is 11.8 Å². The second-order valence-corrected chi connectivity index (χ2v) is 13.9. The van der Waals surface area contributed by atoms with E-state index in [1.54, 1.807) is 17.0 Å². The minimum absolute atomic E-state index is 0.0399. The molecule has 9 heteroatoms. The first-order valence-corrected chi connectivity index (χ1v) is 16.1. The summed E-state index contributed by atoms with van der Waals surface area (Å²) in [6, 6.07) is 5.30. The normalized spacial score (nSPS) is 27.5. The van der Waals surface area contributed by atoms with Gasteiger partial charge >= 0.3 is 0 Å². The first kappa shape index (κ1) is 30.9. The third kappa shape index (κ3) is 6.66. The number of thiocarbonyl (C=S) groups is 1. The highest BCUT2D eigenvalue weighted by molar-refractivity contribution is 7.80. The minimum Gasteiger partial charge on any atom is -0.379 e. The molecule has 0 unspecified atom stereocenters. The topological polar surface area (TPSA) is 75.5 Å². The molecule has 8 nitrogen and oxygen atoms in total. The Hall–Kier alpha value is -2.54. The van der Waals surface area contributed by atoms with Crippen LogP contribution in [0.4, 0.5) is 11.4 Å². The van der Waals surface area contributed by atoms with E-state index in [1.165, 1.54) is 44.9 Å². The van der Waals surface area contributed by atoms with Crippen LogP contribution in [-0.2, 0) is 19.1 Å². The van der Waals surface area contributed by atoms with Crippen molar-refractivity contribution < 1.29 is 19.1 Å². The van der Waals surface area contributed by atoms with Gasteiger partial charge in [-0.15, -0.1) is 0 Å². The molecule has 1 aliphatic heterocycles. The number of anilines is 1. The summed E-state index contributed by atoms with van der Waals surface area (Å²) in [6.07, 6.45) is 10.8. The number of nitrogens with one attached hydrogen (secondary N) is 1. The average Bonchev–Trinajstić information content (AvgIpc) is 3.10. The monoisotopic (exact) mass is 594 g/mol. The van der Waals surface area contributed by atoms with Gasteiger partial charge in [0.05, 0.1) is 26.4 Å². The Kier molecular flexibility index (Phi) is 9.56. The Bertz CT molecular complexity index is 1190. The van der Waals surface area contributed by atoms with Crippen LogP contribution in [-0.4, -0.2) is 66.9 Å². The van der Waals surface area contributed by atoms with E-state index in [4.69, 9.17) is 28.3 Å². The second-order valence-electron chi connectivity index (χ2n) is 13.6. The van der Waals surface area contributed by atoms with Crippen molar-refractivity contribution in [3.05, 3.63) is 35.2 Å². The van der Waals surface area contributed by atoms with Gasteiger partial charge in [0.15, 0.2) is 10.8 Å². The maximum Gasteiger partial charge on any atom is 0.258 e. The predicted octanol–water partition coefficient (Wildman–Crippen LogP) is 5.79. The Morgan fingerprint density at radius 3 is 2.33 bits per heavy atom. The van der Waals surface area contributed by atoms with E-state index in [9.17, 15) is 9.59 Å². The van der Waals surface area contributed by atoms with Gasteiger partial charge in [-0.25, -0.2) is 4.85 Å². The second kappa shape index (κ2) is 13.0. The molecule has 42 heavy (non-hydrogen) atoms. The maximum absolute atomic E-state index is 13.3. The summed E-state index contributed by atoms with van der Waals surface area (Å²) < 4.78 is 11.6. The number of ether oxygens (including phenoxy) is 2. The van der Waals surface area contributed by atoms with Crippen LogP contribution in [0.15, 0.2) is 18.2 Å². The van der Waals surface area contributed by atoms with Gasteiger partial charge in [-0.3, -0.25) is 14.5 Å². The van der Waals surface area contributed by atoms with Crippen molar-refractivity contribution in [2.24, 2.45) is 23.2 Å². The molecule has 1 aromatic carbocycles. The molecule has 0 aromatic heterocycles. The molecule has 5 aliphatic rings. The summed E-state index contributed by atoms with van der Waals surface area (Å²) in [4.78, 5) is 32.6. The number of rotatable bonds is 14. The van der Waals surface area contributed by atoms with E-state index < -0.39 is 5.54 Å². The molecule has 4 aliphatic carbocycles. The number of hydrogen-bond acceptors (Lipinski definition) is 5. The lowest BCUT2D eigenvalue weighted by molar-refractivity contribution is -0.123. The Labute approximate surface area is 256 Å². The summed E-state index contributed by atoms with van der Waals surface area (Å²) in [5.41, 5.74) is 1.77. The zero-order chi connectivity index (χ0) is 29.9. The summed E-state index contributed by atoms with van der Waals surface area (Å²) in [6.45, 7) is 16.2. The minimum atomic E-state index is -0.814. The smallest absolute Gasteiger partial charge is 0.258 e. The molecule has 2 amide bonds. The fourth-order valence-electron chi connectivity index (χ4n) is 8.30. The van der Waals surface area contributed by atoms with Crippen molar-refractivity contribution in [1.82, 2.24) is 10.2 Å². The molecule has 4 bridgehead atoms. The van der Waals surface area contributed by atoms with Crippen LogP contribution in [0.1, 0.15) is 77.2 Å². The standard InChI is InChI=1S/C33H46N4O4S/c1-23-16-27(7-8-28(23)34-4)37-30(39)32(2,3)36(31(37)42)11-5-6-29(38)35-10-13-41-15-14-40-12-9-33-20-24-17-25(21-33)19-26(18-24)22-33/h7-8,16,24-26H,5-6,9-15,17-22H2,1-3H3,(H,35,38). The van der Waals surface area contributed by atoms with Gasteiger partial charge in [-0.2, -0.15) is 0 Å². The number of benzene rings is 1. The van der Waals surface area contributed by atoms with E-state index in [2.05, 4.69) is 10.2 Å². The quantitative estimate of drug-likeness (QED) is 0.167. The number of carbonyl (C=O) groups excluding carboxylic acids is 2. The number of aryl methyl sites for hydroxylation is 1. The highest BCUT2D eigenvalue weighted by Gasteiger charge is 2.51. The van der Waals surface area contributed by atoms with Crippen molar-refractivity contribution in [2.75, 3.05) is 44.4 Å². The molecular weight excluding hydrogens is 548 g/mol. The SMILES string of the molecule is [C-]#[N+]c1ccc(N2C(=O)C(C)(C)N(CCCC(=O)NCCOCCOCCC34CC5CC(CC(C5)C3)C4)C2=S)cc1C. The van der Waals surface area contributed by atoms with Gasteiger partial charge in [0, 0.05) is 31.8 Å². The van der Waals surface area contributed by atoms with Gasteiger partial charge in [0.2, 0.25) is 5.91 Å². The van der Waals surface area contributed by atoms with Crippen molar-refractivity contribution in [2.45, 2.75) is 84.1 Å². The molecule has 4 saturated carbocycles. The van der Waals surface area contributed by atoms with Crippen molar-refractivity contribution >= 4 is 40.5 Å². The maximum atomic E-state index is 13.3. The number of nitrogens with zero attached hydrogens (tertiary/aromatic N) is 3. The fraction of sp³-hybridized carbons (Fsp3) is 0.697. The zero-order valence-electron chi connectivity index (χ0n) is 25.5. The highest BCUT2D eigenvalue weighted by Crippen LogP contribution is 2.61. The third-order valence-corrected chi connectivity index (χ3v) is 10.5. The van der Waals surface area contributed by atoms with Crippen LogP contribution >= 0.6 is 12.2 Å². The molecule has 1 N–H and O–H groups in total. The van der Waals surface area contributed by atoms with Crippen molar-refractivity contribution in [3.8, 4) is 0 Å². The Morgan fingerprint density at radius 1 is 1.07 bits per heavy atom. The van der Waals surface area contributed by atoms with Crippen LogP contribution < -0.4 is 10.2 Å². The lowest BCUT2D eigenvalue weighted by Gasteiger charge is -2.57. The van der Waals surface area contributed by atoms with E-state index >= 15 is 0 Å². The van der Waals surface area contributed by atoms with E-state index in [1.807, 2.05) is 31.7 Å². The van der Waals surface area contributed by atoms with Gasteiger partial charge in [-0.05, 0) is 125 Å². The van der Waals surface area contributed by atoms with Crippen molar-refractivity contribution in [1.29, 1.82) is 0 Å². The molecule has 0 atom stereocenters. The van der Waals surface area contributed by atoms with Gasteiger partial charge in [0.1, 0.15) is 5.54 Å². The number of amides is 2. The average molecular weight is 595 g/mol. The highest BCUT2D eigenvalue weighted by atomic mass is 32.1.